The zero-order valence-corrected chi connectivity index (χ0v) is 21.1. The summed E-state index contributed by atoms with van der Waals surface area (Å²) in [5, 5.41) is 18.7. The number of fused-ring (bicyclic) bond motifs is 3. The van der Waals surface area contributed by atoms with Gasteiger partial charge in [-0.05, 0) is 79.6 Å². The highest BCUT2D eigenvalue weighted by atomic mass is 17.6. The molecule has 3 aliphatic heterocycles. The second-order valence-electron chi connectivity index (χ2n) is 9.32. The van der Waals surface area contributed by atoms with Crippen LogP contribution in [0.2, 0.25) is 0 Å². The minimum atomic E-state index is -0.0174. The average Bonchev–Trinajstić information content (AvgIpc) is 3.50. The lowest BCUT2D eigenvalue weighted by molar-refractivity contribution is -0.620. The average molecular weight is 500 g/mol. The Labute approximate surface area is 213 Å². The van der Waals surface area contributed by atoms with Crippen molar-refractivity contribution in [3.05, 3.63) is 47.2 Å². The highest BCUT2D eigenvalue weighted by Crippen LogP contribution is 2.43. The molecule has 4 heterocycles. The van der Waals surface area contributed by atoms with E-state index in [2.05, 4.69) is 71.8 Å². The van der Waals surface area contributed by atoms with E-state index >= 15 is 0 Å². The summed E-state index contributed by atoms with van der Waals surface area (Å²) < 4.78 is 14.3. The van der Waals surface area contributed by atoms with Crippen molar-refractivity contribution in [2.24, 2.45) is 0 Å². The number of aromatic nitrogens is 2. The number of aryl methyl sites for hydroxylation is 2. The Morgan fingerprint density at radius 3 is 2.81 bits per heavy atom. The van der Waals surface area contributed by atoms with Crippen molar-refractivity contribution in [1.82, 2.24) is 14.7 Å². The van der Waals surface area contributed by atoms with Crippen LogP contribution in [0.25, 0.3) is 0 Å². The van der Waals surface area contributed by atoms with Gasteiger partial charge in [0, 0.05) is 31.4 Å². The first kappa shape index (κ1) is 26.6. The molecular weight excluding hydrogens is 462 g/mol. The number of piperidine rings is 1. The number of rotatable bonds is 9. The van der Waals surface area contributed by atoms with Gasteiger partial charge < -0.3 is 14.4 Å². The highest BCUT2D eigenvalue weighted by Gasteiger charge is 2.42. The van der Waals surface area contributed by atoms with Gasteiger partial charge in [0.15, 0.2) is 0 Å². The van der Waals surface area contributed by atoms with Crippen LogP contribution in [0.3, 0.4) is 0 Å². The van der Waals surface area contributed by atoms with Gasteiger partial charge in [-0.15, -0.1) is 11.0 Å². The fraction of sp³-hybridized carbons (Fsp3) is 0.593. The van der Waals surface area contributed by atoms with Gasteiger partial charge in [0.2, 0.25) is 5.88 Å². The molecule has 5 rings (SSSR count). The van der Waals surface area contributed by atoms with E-state index in [0.29, 0.717) is 0 Å². The summed E-state index contributed by atoms with van der Waals surface area (Å²) in [6, 6.07) is 10.9. The highest BCUT2D eigenvalue weighted by molar-refractivity contribution is 5.35. The zero-order valence-electron chi connectivity index (χ0n) is 21.1. The predicted octanol–water partition coefficient (Wildman–Crippen LogP) is 4.26. The maximum absolute atomic E-state index is 7.47. The summed E-state index contributed by atoms with van der Waals surface area (Å²) >= 11 is 0. The lowest BCUT2D eigenvalue weighted by Crippen LogP contribution is -2.42. The minimum Gasteiger partial charge on any atom is -0.477 e. The first-order valence-electron chi connectivity index (χ1n) is 12.9. The summed E-state index contributed by atoms with van der Waals surface area (Å²) in [4.78, 5) is 6.67. The molecule has 1 fully saturated rings. The summed E-state index contributed by atoms with van der Waals surface area (Å²) in [5.41, 5.74) is 4.13. The molecule has 0 unspecified atom stereocenters. The normalized spacial score (nSPS) is 17.9. The molecule has 196 valence electrons. The first-order valence-corrected chi connectivity index (χ1v) is 12.9. The third-order valence-electron chi connectivity index (χ3n) is 7.07. The molecule has 9 heteroatoms. The van der Waals surface area contributed by atoms with Crippen LogP contribution in [0.4, 0.5) is 0 Å². The van der Waals surface area contributed by atoms with E-state index in [1.807, 2.05) is 0 Å². The zero-order chi connectivity index (χ0) is 25.1. The van der Waals surface area contributed by atoms with Gasteiger partial charge in [0.25, 0.3) is 0 Å². The van der Waals surface area contributed by atoms with Crippen molar-refractivity contribution in [3.63, 3.8) is 0 Å². The van der Waals surface area contributed by atoms with Crippen molar-refractivity contribution < 1.29 is 29.7 Å². The maximum atomic E-state index is 7.47. The molecule has 3 aliphatic rings. The van der Waals surface area contributed by atoms with Gasteiger partial charge in [-0.25, -0.2) is 5.26 Å². The van der Waals surface area contributed by atoms with Gasteiger partial charge in [-0.1, -0.05) is 30.2 Å². The molecule has 1 aromatic heterocycles. The minimum absolute atomic E-state index is 0.0174. The summed E-state index contributed by atoms with van der Waals surface area (Å²) in [6.45, 7) is 7.74. The van der Waals surface area contributed by atoms with Crippen LogP contribution in [0.15, 0.2) is 30.3 Å². The van der Waals surface area contributed by atoms with Crippen molar-refractivity contribution in [2.45, 2.75) is 70.6 Å². The van der Waals surface area contributed by atoms with Crippen molar-refractivity contribution >= 4 is 0 Å². The second kappa shape index (κ2) is 13.7. The van der Waals surface area contributed by atoms with Gasteiger partial charge in [-0.3, -0.25) is 4.68 Å². The summed E-state index contributed by atoms with van der Waals surface area (Å²) in [6.07, 6.45) is 8.14. The number of likely N-dealkylation sites (tertiary alicyclic amines) is 1. The Morgan fingerprint density at radius 1 is 1.14 bits per heavy atom. The quantitative estimate of drug-likeness (QED) is 0.237. The van der Waals surface area contributed by atoms with Crippen LogP contribution < -0.4 is 4.74 Å². The molecule has 9 nitrogen and oxygen atoms in total. The molecule has 0 bridgehead atoms. The molecule has 0 atom stereocenters. The standard InChI is InChI=1S/C23H31N3O2.C4H6O4/c1-2-9-21-19(7-1)18-28-23(21)10-14-25(15-11-23)12-5-6-16-27-22-17-20-8-3-4-13-26(20)24-22;1-2-3-4-6-8-7-5/h1-2,7,9,17H,3-6,8,10-16,18H2;5H,4H2,1H3. The number of hydrogen-bond donors (Lipinski definition) is 1. The fourth-order valence-electron chi connectivity index (χ4n) is 5.16. The number of benzene rings is 1. The molecule has 1 spiro atoms. The topological polar surface area (TPSA) is 87.4 Å². The Kier molecular flexibility index (Phi) is 10.2. The number of ether oxygens (including phenoxy) is 2. The molecule has 2 aromatic rings. The molecule has 0 amide bonds. The van der Waals surface area contributed by atoms with E-state index in [0.717, 1.165) is 71.0 Å². The second-order valence-corrected chi connectivity index (χ2v) is 9.32. The monoisotopic (exact) mass is 499 g/mol. The smallest absolute Gasteiger partial charge is 0.232 e. The van der Waals surface area contributed by atoms with E-state index in [1.54, 1.807) is 6.92 Å². The van der Waals surface area contributed by atoms with Crippen molar-refractivity contribution in [2.75, 3.05) is 32.8 Å². The number of unbranched alkanes of at least 4 members (excludes halogenated alkanes) is 1. The maximum Gasteiger partial charge on any atom is 0.232 e. The molecule has 0 saturated carbocycles. The van der Waals surface area contributed by atoms with Gasteiger partial charge in [-0.2, -0.15) is 4.89 Å². The molecule has 0 radical (unpaired) electrons. The van der Waals surface area contributed by atoms with Crippen LogP contribution in [0.5, 0.6) is 5.88 Å². The van der Waals surface area contributed by atoms with E-state index in [-0.39, 0.29) is 12.2 Å². The summed E-state index contributed by atoms with van der Waals surface area (Å²) in [7, 11) is 0. The van der Waals surface area contributed by atoms with Crippen LogP contribution >= 0.6 is 0 Å². The van der Waals surface area contributed by atoms with E-state index in [1.165, 1.54) is 36.1 Å². The SMILES string of the molecule is CC#CCOOOO.c1ccc2c(c1)COC21CCN(CCCCOc2cc3n(n2)CCCC3)CC1. The predicted molar refractivity (Wildman–Crippen MR) is 133 cm³/mol. The van der Waals surface area contributed by atoms with Crippen LogP contribution in [-0.2, 0) is 44.9 Å². The van der Waals surface area contributed by atoms with E-state index in [9.17, 15) is 0 Å². The largest absolute Gasteiger partial charge is 0.477 e. The fourth-order valence-corrected chi connectivity index (χ4v) is 5.16. The van der Waals surface area contributed by atoms with Gasteiger partial charge >= 0.3 is 0 Å². The van der Waals surface area contributed by atoms with Crippen molar-refractivity contribution in [3.8, 4) is 17.7 Å². The Hall–Kier alpha value is -2.45. The third kappa shape index (κ3) is 7.07. The molecule has 36 heavy (non-hydrogen) atoms. The number of hydrogen-bond acceptors (Lipinski definition) is 8. The number of nitrogens with zero attached hydrogens (tertiary/aromatic N) is 3. The van der Waals surface area contributed by atoms with Crippen LogP contribution in [0, 0.1) is 11.8 Å². The Morgan fingerprint density at radius 2 is 2.00 bits per heavy atom. The molecular formula is C27H37N3O6. The van der Waals surface area contributed by atoms with Crippen LogP contribution in [-0.4, -0.2) is 52.8 Å². The molecule has 0 aliphatic carbocycles. The van der Waals surface area contributed by atoms with Gasteiger partial charge in [0.1, 0.15) is 6.61 Å². The summed E-state index contributed by atoms with van der Waals surface area (Å²) in [5.74, 6) is 5.84. The molecule has 1 aromatic carbocycles. The Balaban J connectivity index is 0.000000331. The van der Waals surface area contributed by atoms with E-state index in [4.69, 9.17) is 14.7 Å². The van der Waals surface area contributed by atoms with Gasteiger partial charge in [0.05, 0.1) is 18.8 Å². The Bertz CT molecular complexity index is 983. The van der Waals surface area contributed by atoms with Crippen LogP contribution in [0.1, 0.15) is 62.3 Å². The lowest BCUT2D eigenvalue weighted by atomic mass is 9.84. The van der Waals surface area contributed by atoms with Crippen molar-refractivity contribution in [1.29, 1.82) is 0 Å². The third-order valence-corrected chi connectivity index (χ3v) is 7.07. The molecule has 1 N–H and O–H groups in total. The molecule has 1 saturated heterocycles. The first-order chi connectivity index (χ1) is 17.7. The van der Waals surface area contributed by atoms with E-state index < -0.39 is 0 Å². The lowest BCUT2D eigenvalue weighted by Gasteiger charge is -2.39.